The molecule has 30 heavy (non-hydrogen) atoms. The van der Waals surface area contributed by atoms with Gasteiger partial charge >= 0.3 is 5.97 Å². The van der Waals surface area contributed by atoms with E-state index >= 15 is 0 Å². The standard InChI is InChI=1S/C23H27N3O3S/c1-3-29-23(28)20-19(17-9-7-16(2)8-10-17)15-30-22(20)25-21(27)18-6-4-12-26(14-18)13-5-11-24/h7-10,15,18H,3-6,12-14H2,1-2H3,(H,25,27). The second kappa shape index (κ2) is 10.4. The molecule has 1 N–H and O–H groups in total. The number of aryl methyl sites for hydroxylation is 1. The highest BCUT2D eigenvalue weighted by molar-refractivity contribution is 7.15. The number of hydrogen-bond donors (Lipinski definition) is 1. The topological polar surface area (TPSA) is 82.4 Å². The molecular formula is C23H27N3O3S. The molecule has 1 aliphatic heterocycles. The quantitative estimate of drug-likeness (QED) is 0.662. The van der Waals surface area contributed by atoms with Gasteiger partial charge < -0.3 is 15.0 Å². The predicted octanol–water partition coefficient (Wildman–Crippen LogP) is 4.46. The van der Waals surface area contributed by atoms with Crippen molar-refractivity contribution in [2.24, 2.45) is 5.92 Å². The second-order valence-corrected chi connectivity index (χ2v) is 8.36. The van der Waals surface area contributed by atoms with Gasteiger partial charge in [-0.05, 0) is 38.8 Å². The minimum Gasteiger partial charge on any atom is -0.462 e. The first-order chi connectivity index (χ1) is 14.5. The molecule has 2 heterocycles. The molecule has 0 bridgehead atoms. The molecule has 2 aromatic rings. The number of thiophene rings is 1. The number of likely N-dealkylation sites (tertiary alicyclic amines) is 1. The monoisotopic (exact) mass is 425 g/mol. The minimum atomic E-state index is -0.427. The van der Waals surface area contributed by atoms with Crippen LogP contribution in [0.15, 0.2) is 29.6 Å². The molecule has 1 aliphatic rings. The summed E-state index contributed by atoms with van der Waals surface area (Å²) in [6.07, 6.45) is 2.19. The van der Waals surface area contributed by atoms with E-state index in [-0.39, 0.29) is 18.4 Å². The number of esters is 1. The number of amides is 1. The van der Waals surface area contributed by atoms with Crippen LogP contribution in [0.4, 0.5) is 5.00 Å². The summed E-state index contributed by atoms with van der Waals surface area (Å²) in [5, 5.41) is 14.2. The van der Waals surface area contributed by atoms with E-state index in [0.29, 0.717) is 30.1 Å². The molecule has 1 fully saturated rings. The Kier molecular flexibility index (Phi) is 7.61. The van der Waals surface area contributed by atoms with Crippen molar-refractivity contribution >= 4 is 28.2 Å². The van der Waals surface area contributed by atoms with Gasteiger partial charge in [-0.3, -0.25) is 4.79 Å². The third-order valence-electron chi connectivity index (χ3n) is 5.29. The highest BCUT2D eigenvalue weighted by atomic mass is 32.1. The number of nitrogens with zero attached hydrogens (tertiary/aromatic N) is 2. The van der Waals surface area contributed by atoms with E-state index < -0.39 is 5.97 Å². The molecule has 0 aliphatic carbocycles. The maximum absolute atomic E-state index is 13.0. The highest BCUT2D eigenvalue weighted by Gasteiger charge is 2.28. The van der Waals surface area contributed by atoms with Gasteiger partial charge in [0.2, 0.25) is 5.91 Å². The van der Waals surface area contributed by atoms with E-state index in [1.807, 2.05) is 36.6 Å². The van der Waals surface area contributed by atoms with E-state index in [0.717, 1.165) is 36.1 Å². The lowest BCUT2D eigenvalue weighted by Crippen LogP contribution is -2.41. The minimum absolute atomic E-state index is 0.0838. The van der Waals surface area contributed by atoms with Crippen molar-refractivity contribution in [3.05, 3.63) is 40.8 Å². The van der Waals surface area contributed by atoms with E-state index in [1.54, 1.807) is 6.92 Å². The van der Waals surface area contributed by atoms with Crippen molar-refractivity contribution in [2.45, 2.75) is 33.1 Å². The van der Waals surface area contributed by atoms with Gasteiger partial charge in [0, 0.05) is 30.5 Å². The van der Waals surface area contributed by atoms with Gasteiger partial charge in [0.05, 0.1) is 18.6 Å². The fourth-order valence-electron chi connectivity index (χ4n) is 3.70. The molecule has 0 spiro atoms. The van der Waals surface area contributed by atoms with E-state index in [4.69, 9.17) is 10.00 Å². The van der Waals surface area contributed by atoms with Crippen LogP contribution in [0.2, 0.25) is 0 Å². The zero-order chi connectivity index (χ0) is 21.5. The van der Waals surface area contributed by atoms with Crippen molar-refractivity contribution in [3.63, 3.8) is 0 Å². The van der Waals surface area contributed by atoms with Crippen LogP contribution in [-0.2, 0) is 9.53 Å². The Balaban J connectivity index is 1.81. The lowest BCUT2D eigenvalue weighted by Gasteiger charge is -2.31. The van der Waals surface area contributed by atoms with Gasteiger partial charge in [-0.15, -0.1) is 11.3 Å². The molecule has 3 rings (SSSR count). The van der Waals surface area contributed by atoms with Crippen molar-refractivity contribution in [1.82, 2.24) is 4.90 Å². The smallest absolute Gasteiger partial charge is 0.341 e. The molecule has 1 aromatic carbocycles. The van der Waals surface area contributed by atoms with Crippen LogP contribution in [0.25, 0.3) is 11.1 Å². The summed E-state index contributed by atoms with van der Waals surface area (Å²) in [5.74, 6) is -0.666. The third kappa shape index (κ3) is 5.26. The maximum Gasteiger partial charge on any atom is 0.341 e. The fraction of sp³-hybridized carbons (Fsp3) is 0.435. The van der Waals surface area contributed by atoms with Gasteiger partial charge in [0.1, 0.15) is 10.6 Å². The van der Waals surface area contributed by atoms with Crippen LogP contribution in [0, 0.1) is 24.2 Å². The summed E-state index contributed by atoms with van der Waals surface area (Å²) in [5.41, 5.74) is 3.24. The molecule has 1 amide bonds. The van der Waals surface area contributed by atoms with Crippen LogP contribution in [0.1, 0.15) is 42.1 Å². The molecule has 6 nitrogen and oxygen atoms in total. The number of piperidine rings is 1. The average Bonchev–Trinajstić information content (AvgIpc) is 3.16. The number of rotatable bonds is 7. The lowest BCUT2D eigenvalue weighted by molar-refractivity contribution is -0.121. The molecule has 1 saturated heterocycles. The van der Waals surface area contributed by atoms with Gasteiger partial charge in [-0.25, -0.2) is 4.79 Å². The molecule has 1 unspecified atom stereocenters. The summed E-state index contributed by atoms with van der Waals surface area (Å²) in [7, 11) is 0. The van der Waals surface area contributed by atoms with E-state index in [9.17, 15) is 9.59 Å². The van der Waals surface area contributed by atoms with Gasteiger partial charge in [0.25, 0.3) is 0 Å². The summed E-state index contributed by atoms with van der Waals surface area (Å²) in [4.78, 5) is 27.8. The highest BCUT2D eigenvalue weighted by Crippen LogP contribution is 2.37. The van der Waals surface area contributed by atoms with Crippen LogP contribution in [0.5, 0.6) is 0 Å². The SMILES string of the molecule is CCOC(=O)c1c(-c2ccc(C)cc2)csc1NC(=O)C1CCCN(CCC#N)C1. The molecule has 1 aromatic heterocycles. The van der Waals surface area contributed by atoms with Crippen molar-refractivity contribution in [1.29, 1.82) is 5.26 Å². The number of hydrogen-bond acceptors (Lipinski definition) is 6. The Morgan fingerprint density at radius 2 is 2.10 bits per heavy atom. The Hall–Kier alpha value is -2.69. The van der Waals surface area contributed by atoms with Crippen molar-refractivity contribution < 1.29 is 14.3 Å². The zero-order valence-corrected chi connectivity index (χ0v) is 18.3. The number of benzene rings is 1. The van der Waals surface area contributed by atoms with E-state index in [2.05, 4.69) is 16.3 Å². The molecule has 1 atom stereocenters. The number of nitrogens with one attached hydrogen (secondary N) is 1. The first-order valence-corrected chi connectivity index (χ1v) is 11.2. The molecular weight excluding hydrogens is 398 g/mol. The fourth-order valence-corrected chi connectivity index (χ4v) is 4.66. The number of carbonyl (C=O) groups is 2. The summed E-state index contributed by atoms with van der Waals surface area (Å²) >= 11 is 1.35. The second-order valence-electron chi connectivity index (χ2n) is 7.48. The normalized spacial score (nSPS) is 16.6. The van der Waals surface area contributed by atoms with E-state index in [1.165, 1.54) is 11.3 Å². The Bertz CT molecular complexity index is 930. The molecule has 0 radical (unpaired) electrons. The summed E-state index contributed by atoms with van der Waals surface area (Å²) < 4.78 is 5.28. The first kappa shape index (κ1) is 22.0. The lowest BCUT2D eigenvalue weighted by atomic mass is 9.97. The molecule has 0 saturated carbocycles. The predicted molar refractivity (Wildman–Crippen MR) is 118 cm³/mol. The third-order valence-corrected chi connectivity index (χ3v) is 6.18. The van der Waals surface area contributed by atoms with Crippen molar-refractivity contribution in [3.8, 4) is 17.2 Å². The van der Waals surface area contributed by atoms with Crippen LogP contribution >= 0.6 is 11.3 Å². The maximum atomic E-state index is 13.0. The number of anilines is 1. The Morgan fingerprint density at radius 1 is 1.33 bits per heavy atom. The zero-order valence-electron chi connectivity index (χ0n) is 17.4. The van der Waals surface area contributed by atoms with Gasteiger partial charge in [-0.1, -0.05) is 29.8 Å². The Morgan fingerprint density at radius 3 is 2.80 bits per heavy atom. The first-order valence-electron chi connectivity index (χ1n) is 10.3. The Labute approximate surface area is 181 Å². The summed E-state index contributed by atoms with van der Waals surface area (Å²) in [6, 6.07) is 10.1. The largest absolute Gasteiger partial charge is 0.462 e. The van der Waals surface area contributed by atoms with Crippen LogP contribution in [0.3, 0.4) is 0 Å². The van der Waals surface area contributed by atoms with Crippen LogP contribution in [-0.4, -0.2) is 43.0 Å². The average molecular weight is 426 g/mol. The number of nitriles is 1. The van der Waals surface area contributed by atoms with Crippen molar-refractivity contribution in [2.75, 3.05) is 31.6 Å². The number of carbonyl (C=O) groups excluding carboxylic acids is 2. The summed E-state index contributed by atoms with van der Waals surface area (Å²) in [6.45, 7) is 6.29. The number of ether oxygens (including phenoxy) is 1. The van der Waals surface area contributed by atoms with Crippen LogP contribution < -0.4 is 5.32 Å². The van der Waals surface area contributed by atoms with Gasteiger partial charge in [0.15, 0.2) is 0 Å². The molecule has 158 valence electrons. The molecule has 7 heteroatoms. The van der Waals surface area contributed by atoms with Gasteiger partial charge in [-0.2, -0.15) is 5.26 Å².